The van der Waals surface area contributed by atoms with Gasteiger partial charge in [0, 0.05) is 0 Å². The smallest absolute Gasteiger partial charge is 0.0617 e. The Bertz CT molecular complexity index is 708. The van der Waals surface area contributed by atoms with Crippen molar-refractivity contribution < 1.29 is 5.11 Å². The van der Waals surface area contributed by atoms with Gasteiger partial charge in [0.05, 0.1) is 5.60 Å². The van der Waals surface area contributed by atoms with Gasteiger partial charge in [0.15, 0.2) is 0 Å². The van der Waals surface area contributed by atoms with Crippen molar-refractivity contribution in [3.8, 4) is 0 Å². The van der Waals surface area contributed by atoms with Crippen molar-refractivity contribution in [2.75, 3.05) is 0 Å². The standard InChI is InChI=1S/C30H52O/c1-20-16-18-30(8)25-17-19-29(7)22(11-9-10-21(2)28(5,6)31)12-14-24(29)23(25)13-15-26(30)27(20,3)4/h20-22,24,26,31H,9-19H2,1-8H3/t20-,21?,22?,24?,26-,29+,30+/m0/s1. The lowest BCUT2D eigenvalue weighted by atomic mass is 9.44. The summed E-state index contributed by atoms with van der Waals surface area (Å²) in [6.07, 6.45) is 15.2. The maximum atomic E-state index is 10.3. The van der Waals surface area contributed by atoms with E-state index in [1.807, 2.05) is 25.0 Å². The van der Waals surface area contributed by atoms with Crippen molar-refractivity contribution in [1.82, 2.24) is 0 Å². The third kappa shape index (κ3) is 3.77. The van der Waals surface area contributed by atoms with E-state index in [0.717, 1.165) is 23.7 Å². The molecule has 0 saturated heterocycles. The van der Waals surface area contributed by atoms with E-state index >= 15 is 0 Å². The van der Waals surface area contributed by atoms with Gasteiger partial charge in [-0.25, -0.2) is 0 Å². The zero-order valence-electron chi connectivity index (χ0n) is 22.1. The Kier molecular flexibility index (Phi) is 6.07. The predicted octanol–water partition coefficient (Wildman–Crippen LogP) is 8.56. The van der Waals surface area contributed by atoms with Crippen molar-refractivity contribution in [3.05, 3.63) is 11.1 Å². The van der Waals surface area contributed by atoms with Crippen LogP contribution in [0.15, 0.2) is 11.1 Å². The molecule has 2 fully saturated rings. The van der Waals surface area contributed by atoms with E-state index in [2.05, 4.69) is 41.5 Å². The Labute approximate surface area is 193 Å². The summed E-state index contributed by atoms with van der Waals surface area (Å²) in [5, 5.41) is 10.3. The third-order valence-corrected chi connectivity index (χ3v) is 12.1. The highest BCUT2D eigenvalue weighted by Crippen LogP contribution is 2.68. The van der Waals surface area contributed by atoms with Crippen LogP contribution < -0.4 is 0 Å². The Morgan fingerprint density at radius 1 is 1.00 bits per heavy atom. The molecule has 0 heterocycles. The maximum Gasteiger partial charge on any atom is 0.0617 e. The maximum absolute atomic E-state index is 10.3. The van der Waals surface area contributed by atoms with Gasteiger partial charge in [0.25, 0.3) is 0 Å². The summed E-state index contributed by atoms with van der Waals surface area (Å²) in [6.45, 7) is 19.2. The zero-order valence-corrected chi connectivity index (χ0v) is 22.1. The summed E-state index contributed by atoms with van der Waals surface area (Å²) in [7, 11) is 0. The van der Waals surface area contributed by atoms with Gasteiger partial charge >= 0.3 is 0 Å². The van der Waals surface area contributed by atoms with Gasteiger partial charge in [0.2, 0.25) is 0 Å². The highest BCUT2D eigenvalue weighted by atomic mass is 16.3. The lowest BCUT2D eigenvalue weighted by molar-refractivity contribution is -0.0389. The first-order valence-corrected chi connectivity index (χ1v) is 13.8. The van der Waals surface area contributed by atoms with E-state index < -0.39 is 5.60 Å². The zero-order chi connectivity index (χ0) is 22.8. The first kappa shape index (κ1) is 23.8. The van der Waals surface area contributed by atoms with Crippen molar-refractivity contribution >= 4 is 0 Å². The van der Waals surface area contributed by atoms with Gasteiger partial charge < -0.3 is 5.11 Å². The molecule has 0 aromatic carbocycles. The number of aliphatic hydroxyl groups is 1. The minimum atomic E-state index is -0.536. The molecule has 4 aliphatic rings. The van der Waals surface area contributed by atoms with Crippen LogP contribution in [0.1, 0.15) is 126 Å². The Hall–Kier alpha value is -0.300. The molecule has 7 atom stereocenters. The Balaban J connectivity index is 1.51. The fourth-order valence-electron chi connectivity index (χ4n) is 9.08. The molecule has 1 N–H and O–H groups in total. The van der Waals surface area contributed by atoms with E-state index in [9.17, 15) is 5.11 Å². The summed E-state index contributed by atoms with van der Waals surface area (Å²) in [6, 6.07) is 0. The van der Waals surface area contributed by atoms with E-state index in [0.29, 0.717) is 22.2 Å². The summed E-state index contributed by atoms with van der Waals surface area (Å²) in [5.74, 6) is 3.91. The second-order valence-electron chi connectivity index (χ2n) is 14.1. The van der Waals surface area contributed by atoms with Crippen molar-refractivity contribution in [1.29, 1.82) is 0 Å². The minimum Gasteiger partial charge on any atom is -0.390 e. The van der Waals surface area contributed by atoms with Crippen LogP contribution >= 0.6 is 0 Å². The molecule has 178 valence electrons. The molecule has 0 aromatic heterocycles. The molecule has 1 heteroatoms. The van der Waals surface area contributed by atoms with Crippen molar-refractivity contribution in [2.45, 2.75) is 132 Å². The molecule has 2 saturated carbocycles. The highest BCUT2D eigenvalue weighted by molar-refractivity contribution is 5.35. The summed E-state index contributed by atoms with van der Waals surface area (Å²) >= 11 is 0. The lowest BCUT2D eigenvalue weighted by Gasteiger charge is -2.60. The lowest BCUT2D eigenvalue weighted by Crippen LogP contribution is -2.51. The monoisotopic (exact) mass is 428 g/mol. The number of rotatable bonds is 5. The van der Waals surface area contributed by atoms with Gasteiger partial charge in [-0.2, -0.15) is 0 Å². The number of fused-ring (bicyclic) bond motifs is 4. The van der Waals surface area contributed by atoms with E-state index in [1.54, 1.807) is 0 Å². The van der Waals surface area contributed by atoms with Crippen LogP contribution in [0, 0.1) is 45.8 Å². The first-order chi connectivity index (χ1) is 14.3. The average Bonchev–Trinajstić information content (AvgIpc) is 3.01. The average molecular weight is 429 g/mol. The minimum absolute atomic E-state index is 0.394. The Morgan fingerprint density at radius 3 is 2.39 bits per heavy atom. The van der Waals surface area contributed by atoms with Gasteiger partial charge in [-0.15, -0.1) is 0 Å². The molecule has 3 unspecified atom stereocenters. The number of allylic oxidation sites excluding steroid dienone is 2. The van der Waals surface area contributed by atoms with Gasteiger partial charge in [-0.05, 0) is 124 Å². The van der Waals surface area contributed by atoms with Crippen LogP contribution in [0.3, 0.4) is 0 Å². The third-order valence-electron chi connectivity index (χ3n) is 12.1. The number of hydrogen-bond donors (Lipinski definition) is 1. The molecule has 0 bridgehead atoms. The second-order valence-corrected chi connectivity index (χ2v) is 14.1. The SMILES string of the molecule is CC(CCCC1CCC2C3=C(CC[C@]12C)[C@@]1(C)CC[C@H](C)C(C)(C)[C@@H]1CC3)C(C)(C)O. The molecule has 0 aromatic rings. The van der Waals surface area contributed by atoms with Crippen LogP contribution in [0.25, 0.3) is 0 Å². The van der Waals surface area contributed by atoms with Gasteiger partial charge in [0.1, 0.15) is 0 Å². The molecule has 0 amide bonds. The second kappa shape index (κ2) is 7.89. The molecule has 1 nitrogen and oxygen atoms in total. The first-order valence-electron chi connectivity index (χ1n) is 13.8. The van der Waals surface area contributed by atoms with Crippen LogP contribution in [-0.4, -0.2) is 10.7 Å². The fourth-order valence-corrected chi connectivity index (χ4v) is 9.08. The molecule has 0 aliphatic heterocycles. The van der Waals surface area contributed by atoms with Crippen molar-refractivity contribution in [2.24, 2.45) is 45.8 Å². The van der Waals surface area contributed by atoms with Gasteiger partial charge in [-0.1, -0.05) is 59.1 Å². The van der Waals surface area contributed by atoms with E-state index in [-0.39, 0.29) is 0 Å². The highest BCUT2D eigenvalue weighted by Gasteiger charge is 2.58. The largest absolute Gasteiger partial charge is 0.390 e. The van der Waals surface area contributed by atoms with Crippen LogP contribution in [-0.2, 0) is 0 Å². The summed E-state index contributed by atoms with van der Waals surface area (Å²) < 4.78 is 0. The van der Waals surface area contributed by atoms with Crippen LogP contribution in [0.2, 0.25) is 0 Å². The van der Waals surface area contributed by atoms with Crippen LogP contribution in [0.4, 0.5) is 0 Å². The van der Waals surface area contributed by atoms with E-state index in [4.69, 9.17) is 0 Å². The topological polar surface area (TPSA) is 20.2 Å². The van der Waals surface area contributed by atoms with Crippen LogP contribution in [0.5, 0.6) is 0 Å². The quantitative estimate of drug-likeness (QED) is 0.435. The number of hydrogen-bond acceptors (Lipinski definition) is 1. The fraction of sp³-hybridized carbons (Fsp3) is 0.933. The Morgan fingerprint density at radius 2 is 1.71 bits per heavy atom. The van der Waals surface area contributed by atoms with E-state index in [1.165, 1.54) is 70.6 Å². The summed E-state index contributed by atoms with van der Waals surface area (Å²) in [4.78, 5) is 0. The molecule has 0 radical (unpaired) electrons. The van der Waals surface area contributed by atoms with Crippen molar-refractivity contribution in [3.63, 3.8) is 0 Å². The molecular weight excluding hydrogens is 376 g/mol. The summed E-state index contributed by atoms with van der Waals surface area (Å²) in [5.41, 5.74) is 4.86. The molecule has 4 rings (SSSR count). The molecule has 4 aliphatic carbocycles. The molecule has 31 heavy (non-hydrogen) atoms. The van der Waals surface area contributed by atoms with Gasteiger partial charge in [-0.3, -0.25) is 0 Å². The normalized spacial score (nSPS) is 43.3. The molecule has 0 spiro atoms. The predicted molar refractivity (Wildman–Crippen MR) is 133 cm³/mol. The molecular formula is C30H52O.